The van der Waals surface area contributed by atoms with Crippen LogP contribution in [0.15, 0.2) is 17.1 Å². The van der Waals surface area contributed by atoms with Gasteiger partial charge in [-0.25, -0.2) is 18.5 Å². The summed E-state index contributed by atoms with van der Waals surface area (Å²) in [7, 11) is -17.1. The van der Waals surface area contributed by atoms with Crippen molar-refractivity contribution in [2.45, 2.75) is 24.9 Å². The maximum Gasteiger partial charge on any atom is 0.490 e. The monoisotopic (exact) mass is 559 g/mol. The highest BCUT2D eigenvalue weighted by Gasteiger charge is 2.43. The van der Waals surface area contributed by atoms with E-state index in [1.54, 1.807) is 6.26 Å². The predicted molar refractivity (Wildman–Crippen MR) is 112 cm³/mol. The van der Waals surface area contributed by atoms with Crippen molar-refractivity contribution in [3.63, 3.8) is 0 Å². The summed E-state index contributed by atoms with van der Waals surface area (Å²) in [6.45, 7) is -0.739. The van der Waals surface area contributed by atoms with Gasteiger partial charge in [0.2, 0.25) is 0 Å². The zero-order valence-electron chi connectivity index (χ0n) is 16.1. The molecule has 0 spiro atoms. The molecule has 1 aliphatic rings. The first-order valence-electron chi connectivity index (χ1n) is 8.27. The fourth-order valence-electron chi connectivity index (χ4n) is 2.50. The lowest BCUT2D eigenvalue weighted by Crippen LogP contribution is -2.30. The number of nitrogens with zero attached hydrogens (tertiary/aromatic N) is 2. The average molecular weight is 559 g/mol. The van der Waals surface area contributed by atoms with Gasteiger partial charge in [0.25, 0.3) is 0 Å². The molecule has 0 radical (unpaired) electrons. The van der Waals surface area contributed by atoms with E-state index in [1.165, 1.54) is 12.3 Å². The van der Waals surface area contributed by atoms with E-state index in [2.05, 4.69) is 18.1 Å². The van der Waals surface area contributed by atoms with Crippen LogP contribution in [0.25, 0.3) is 0 Å². The van der Waals surface area contributed by atoms with E-state index in [4.69, 9.17) is 36.2 Å². The van der Waals surface area contributed by atoms with Crippen molar-refractivity contribution in [1.82, 2.24) is 9.55 Å². The lowest BCUT2D eigenvalue weighted by Gasteiger charge is -2.21. The number of anilines is 1. The molecule has 0 aromatic carbocycles. The number of ether oxygens (including phenoxy) is 2. The molecule has 6 atom stereocenters. The van der Waals surface area contributed by atoms with Gasteiger partial charge >= 0.3 is 29.2 Å². The summed E-state index contributed by atoms with van der Waals surface area (Å²) in [4.78, 5) is 51.6. The maximum atomic E-state index is 12.1. The fourth-order valence-corrected chi connectivity index (χ4v) is 6.06. The van der Waals surface area contributed by atoms with Crippen molar-refractivity contribution in [3.8, 4) is 0 Å². The number of nitrogens with two attached hydrogens (primary N) is 1. The summed E-state index contributed by atoms with van der Waals surface area (Å²) in [5.41, 5.74) is 4.73. The fraction of sp³-hybridized carbons (Fsp3) is 0.636. The number of hydrogen-bond acceptors (Lipinski definition) is 12. The Morgan fingerprint density at radius 2 is 1.94 bits per heavy atom. The van der Waals surface area contributed by atoms with Gasteiger partial charge in [-0.3, -0.25) is 9.09 Å². The zero-order chi connectivity index (χ0) is 24.3. The molecule has 0 saturated carbocycles. The van der Waals surface area contributed by atoms with Gasteiger partial charge in [0.05, 0.1) is 18.6 Å². The Hall–Kier alpha value is -0.420. The van der Waals surface area contributed by atoms with Crippen molar-refractivity contribution in [1.29, 1.82) is 0 Å². The molecule has 32 heavy (non-hydrogen) atoms. The number of phosphoric acid groups is 3. The molecular weight excluding hydrogens is 539 g/mol. The molecule has 1 fully saturated rings. The van der Waals surface area contributed by atoms with Crippen LogP contribution in [0.4, 0.5) is 5.82 Å². The minimum atomic E-state index is -5.66. The third-order valence-corrected chi connectivity index (χ3v) is 8.17. The molecular formula is C11H20N3O13P3S2. The van der Waals surface area contributed by atoms with E-state index in [-0.39, 0.29) is 18.2 Å². The maximum absolute atomic E-state index is 12.1. The van der Waals surface area contributed by atoms with Crippen LogP contribution in [0.3, 0.4) is 0 Å². The second-order valence-electron chi connectivity index (χ2n) is 6.19. The number of nitrogen functional groups attached to an aromatic ring is 1. The number of phosphoric ester groups is 1. The molecule has 2 heterocycles. The normalized spacial score (nSPS) is 26.3. The number of aromatic nitrogens is 2. The Labute approximate surface area is 187 Å². The molecule has 0 aliphatic carbocycles. The second kappa shape index (κ2) is 10.9. The molecule has 21 heteroatoms. The molecule has 1 saturated heterocycles. The number of rotatable bonds is 11. The molecule has 0 amide bonds. The predicted octanol–water partition coefficient (Wildman–Crippen LogP) is -0.491. The molecule has 16 nitrogen and oxygen atoms in total. The Morgan fingerprint density at radius 3 is 2.50 bits per heavy atom. The third kappa shape index (κ3) is 9.08. The molecule has 3 unspecified atom stereocenters. The van der Waals surface area contributed by atoms with Crippen molar-refractivity contribution >= 4 is 49.9 Å². The van der Waals surface area contributed by atoms with Gasteiger partial charge in [0.15, 0.2) is 0 Å². The Bertz CT molecular complexity index is 1050. The van der Waals surface area contributed by atoms with Crippen LogP contribution in [-0.2, 0) is 57.0 Å². The van der Waals surface area contributed by atoms with E-state index >= 15 is 0 Å². The minimum absolute atomic E-state index is 0.0117. The lowest BCUT2D eigenvalue weighted by molar-refractivity contribution is -0.0544. The first kappa shape index (κ1) is 27.8. The highest BCUT2D eigenvalue weighted by molar-refractivity contribution is 8.28. The summed E-state index contributed by atoms with van der Waals surface area (Å²) in [6, 6.07) is 1.35. The summed E-state index contributed by atoms with van der Waals surface area (Å²) >= 11 is 5.05. The second-order valence-corrected chi connectivity index (χ2v) is 13.7. The molecule has 0 bridgehead atoms. The van der Waals surface area contributed by atoms with E-state index in [1.807, 2.05) is 0 Å². The Kier molecular flexibility index (Phi) is 9.46. The Morgan fingerprint density at radius 1 is 1.28 bits per heavy atom. The first-order chi connectivity index (χ1) is 14.6. The van der Waals surface area contributed by atoms with Crippen LogP contribution in [0, 0.1) is 0 Å². The molecule has 184 valence electrons. The minimum Gasteiger partial charge on any atom is -0.383 e. The highest BCUT2D eigenvalue weighted by Crippen LogP contribution is 2.66. The van der Waals surface area contributed by atoms with Gasteiger partial charge in [-0.05, 0) is 23.5 Å². The average Bonchev–Trinajstić information content (AvgIpc) is 2.98. The van der Waals surface area contributed by atoms with Gasteiger partial charge in [-0.2, -0.15) is 13.6 Å². The molecule has 1 aromatic heterocycles. The van der Waals surface area contributed by atoms with E-state index in [0.29, 0.717) is 0 Å². The van der Waals surface area contributed by atoms with Crippen LogP contribution in [0.5, 0.6) is 0 Å². The molecule has 1 aliphatic heterocycles. The lowest BCUT2D eigenvalue weighted by atomic mass is 10.2. The van der Waals surface area contributed by atoms with Gasteiger partial charge < -0.3 is 34.8 Å². The van der Waals surface area contributed by atoms with Crippen molar-refractivity contribution in [2.75, 3.05) is 24.5 Å². The van der Waals surface area contributed by atoms with Crippen LogP contribution in [-0.4, -0.2) is 60.1 Å². The molecule has 1 aromatic rings. The van der Waals surface area contributed by atoms with E-state index < -0.39 is 63.7 Å². The zero-order valence-corrected chi connectivity index (χ0v) is 20.4. The summed E-state index contributed by atoms with van der Waals surface area (Å²) in [6.07, 6.45) is 0.358. The number of hydrogen-bond donors (Lipinski definition) is 5. The summed E-state index contributed by atoms with van der Waals surface area (Å²) in [5.74, 6) is 0.110. The van der Waals surface area contributed by atoms with Gasteiger partial charge in [-0.15, -0.1) is 0 Å². The topological polar surface area (TPSA) is 239 Å². The van der Waals surface area contributed by atoms with Crippen molar-refractivity contribution < 1.29 is 55.9 Å². The Balaban J connectivity index is 2.11. The van der Waals surface area contributed by atoms with Crippen LogP contribution in [0.1, 0.15) is 12.6 Å². The highest BCUT2D eigenvalue weighted by atomic mass is 32.8. The van der Waals surface area contributed by atoms with Crippen molar-refractivity contribution in [3.05, 3.63) is 22.7 Å². The molecule has 2 rings (SSSR count). The summed E-state index contributed by atoms with van der Waals surface area (Å²) in [5, 5.41) is 0. The third-order valence-electron chi connectivity index (χ3n) is 3.61. The smallest absolute Gasteiger partial charge is 0.383 e. The first-order valence-corrected chi connectivity index (χ1v) is 15.5. The van der Waals surface area contributed by atoms with Gasteiger partial charge in [0, 0.05) is 12.6 Å². The summed E-state index contributed by atoms with van der Waals surface area (Å²) < 4.78 is 58.3. The van der Waals surface area contributed by atoms with E-state index in [0.717, 1.165) is 4.57 Å². The standard InChI is InChI=1S/C11H20N3O13P3S2/c1-32(31)6-23-7-4-10(14-3-2-9(12)13-11(14)15)25-8(7)5-24-29(19,20)27-30(21,22)26-28(16,17)18/h2-3,7-8,10H,4-6H2,1H3,(H,19,20)(H,21,22)(H2,12,13,15)(H2,16,17,18)/t7-,8-,10-,32?/m1/s1. The SMILES string of the molecule is CS(=S)CO[C@@H]1C[C@H](n2ccc(N)nc2=O)O[C@@H]1COP(=O)(O)OP(=O)(O)OP(=O)(O)O. The van der Waals surface area contributed by atoms with Crippen LogP contribution >= 0.6 is 23.5 Å². The largest absolute Gasteiger partial charge is 0.490 e. The van der Waals surface area contributed by atoms with Gasteiger partial charge in [-0.1, -0.05) is 9.45 Å². The van der Waals surface area contributed by atoms with Crippen LogP contribution in [0.2, 0.25) is 0 Å². The van der Waals surface area contributed by atoms with Crippen molar-refractivity contribution in [2.24, 2.45) is 0 Å². The molecule has 6 N–H and O–H groups in total. The van der Waals surface area contributed by atoms with Crippen LogP contribution < -0.4 is 11.4 Å². The quantitative estimate of drug-likeness (QED) is 0.215. The van der Waals surface area contributed by atoms with E-state index in [9.17, 15) is 28.3 Å². The van der Waals surface area contributed by atoms with Gasteiger partial charge in [0.1, 0.15) is 18.1 Å².